The van der Waals surface area contributed by atoms with E-state index < -0.39 is 5.97 Å². The molecule has 2 amide bonds. The number of carbonyl (C=O) groups is 2. The first-order chi connectivity index (χ1) is 11.9. The van der Waals surface area contributed by atoms with Gasteiger partial charge in [-0.1, -0.05) is 26.0 Å². The Morgan fingerprint density at radius 2 is 1.84 bits per heavy atom. The Balaban J connectivity index is 1.90. The summed E-state index contributed by atoms with van der Waals surface area (Å²) < 4.78 is 1.81. The van der Waals surface area contributed by atoms with Crippen LogP contribution in [-0.2, 0) is 6.54 Å². The molecule has 1 aromatic carbocycles. The summed E-state index contributed by atoms with van der Waals surface area (Å²) in [5, 5.41) is 18.7. The van der Waals surface area contributed by atoms with E-state index in [4.69, 9.17) is 5.11 Å². The van der Waals surface area contributed by atoms with E-state index in [1.54, 1.807) is 29.1 Å². The fourth-order valence-corrected chi connectivity index (χ4v) is 2.65. The molecule has 0 spiro atoms. The lowest BCUT2D eigenvalue weighted by molar-refractivity contribution is 0.0697. The van der Waals surface area contributed by atoms with Gasteiger partial charge in [0.2, 0.25) is 0 Å². The van der Waals surface area contributed by atoms with E-state index in [-0.39, 0.29) is 17.6 Å². The van der Waals surface area contributed by atoms with E-state index in [0.29, 0.717) is 18.3 Å². The van der Waals surface area contributed by atoms with Gasteiger partial charge in [-0.3, -0.25) is 5.32 Å². The molecule has 25 heavy (non-hydrogen) atoms. The van der Waals surface area contributed by atoms with Gasteiger partial charge in [-0.15, -0.1) is 0 Å². The molecule has 1 heterocycles. The minimum Gasteiger partial charge on any atom is -0.478 e. The van der Waals surface area contributed by atoms with Crippen molar-refractivity contribution in [1.29, 1.82) is 0 Å². The molecular weight excluding hydrogens is 320 g/mol. The predicted molar refractivity (Wildman–Crippen MR) is 95.7 cm³/mol. The second-order valence-corrected chi connectivity index (χ2v) is 6.45. The van der Waals surface area contributed by atoms with Crippen molar-refractivity contribution < 1.29 is 14.7 Å². The minimum atomic E-state index is -0.971. The van der Waals surface area contributed by atoms with Crippen LogP contribution in [0.3, 0.4) is 0 Å². The Morgan fingerprint density at radius 1 is 1.16 bits per heavy atom. The Labute approximate surface area is 147 Å². The lowest BCUT2D eigenvalue weighted by Crippen LogP contribution is -2.29. The van der Waals surface area contributed by atoms with E-state index in [1.165, 1.54) is 12.1 Å². The molecule has 0 saturated carbocycles. The highest BCUT2D eigenvalue weighted by Gasteiger charge is 2.13. The van der Waals surface area contributed by atoms with Gasteiger partial charge in [0.25, 0.3) is 0 Å². The van der Waals surface area contributed by atoms with Gasteiger partial charge in [0.1, 0.15) is 5.82 Å². The van der Waals surface area contributed by atoms with Gasteiger partial charge in [0.15, 0.2) is 0 Å². The summed E-state index contributed by atoms with van der Waals surface area (Å²) in [5.41, 5.74) is 1.04. The van der Waals surface area contributed by atoms with E-state index in [0.717, 1.165) is 12.0 Å². The summed E-state index contributed by atoms with van der Waals surface area (Å²) in [5.74, 6) is 0.211. The smallest absolute Gasteiger partial charge is 0.335 e. The normalized spacial score (nSPS) is 12.0. The van der Waals surface area contributed by atoms with Gasteiger partial charge in [0.05, 0.1) is 17.8 Å². The first-order valence-electron chi connectivity index (χ1n) is 8.27. The molecule has 0 aliphatic rings. The van der Waals surface area contributed by atoms with Crippen LogP contribution in [0.1, 0.15) is 49.2 Å². The molecule has 1 aromatic heterocycles. The first kappa shape index (κ1) is 18.5. The molecule has 0 aliphatic carbocycles. The van der Waals surface area contributed by atoms with Crippen LogP contribution in [0.5, 0.6) is 0 Å². The first-order valence-corrected chi connectivity index (χ1v) is 8.27. The summed E-state index contributed by atoms with van der Waals surface area (Å²) in [7, 11) is 0. The van der Waals surface area contributed by atoms with Crippen LogP contribution in [0.4, 0.5) is 10.6 Å². The maximum absolute atomic E-state index is 12.1. The Morgan fingerprint density at radius 3 is 2.44 bits per heavy atom. The number of benzene rings is 1. The Bertz CT molecular complexity index is 722. The van der Waals surface area contributed by atoms with E-state index in [1.807, 2.05) is 0 Å². The van der Waals surface area contributed by atoms with Gasteiger partial charge in [-0.05, 0) is 37.0 Å². The largest absolute Gasteiger partial charge is 0.478 e. The number of carbonyl (C=O) groups excluding carboxylic acids is 1. The third kappa shape index (κ3) is 5.34. The monoisotopic (exact) mass is 344 g/mol. The Hall–Kier alpha value is -2.83. The number of rotatable bonds is 7. The fourth-order valence-electron chi connectivity index (χ4n) is 2.65. The number of hydrogen-bond donors (Lipinski definition) is 3. The molecule has 7 heteroatoms. The van der Waals surface area contributed by atoms with Crippen molar-refractivity contribution in [3.63, 3.8) is 0 Å². The maximum Gasteiger partial charge on any atom is 0.335 e. The average Bonchev–Trinajstić information content (AvgIpc) is 3.01. The Kier molecular flexibility index (Phi) is 6.16. The number of carboxylic acids is 1. The topological polar surface area (TPSA) is 96.3 Å². The van der Waals surface area contributed by atoms with E-state index in [9.17, 15) is 9.59 Å². The molecule has 0 fully saturated rings. The molecular formula is C18H24N4O3. The maximum atomic E-state index is 12.1. The summed E-state index contributed by atoms with van der Waals surface area (Å²) >= 11 is 0. The number of urea groups is 1. The van der Waals surface area contributed by atoms with Crippen LogP contribution in [-0.4, -0.2) is 26.9 Å². The van der Waals surface area contributed by atoms with Crippen molar-refractivity contribution in [2.45, 2.75) is 39.8 Å². The highest BCUT2D eigenvalue weighted by molar-refractivity contribution is 5.88. The molecule has 0 aliphatic heterocycles. The minimum absolute atomic E-state index is 0.189. The van der Waals surface area contributed by atoms with Crippen molar-refractivity contribution >= 4 is 17.8 Å². The number of amides is 2. The van der Waals surface area contributed by atoms with Crippen LogP contribution in [0.2, 0.25) is 0 Å². The summed E-state index contributed by atoms with van der Waals surface area (Å²) in [6.45, 7) is 6.67. The van der Waals surface area contributed by atoms with Gasteiger partial charge in [0, 0.05) is 12.6 Å². The zero-order valence-electron chi connectivity index (χ0n) is 14.7. The van der Waals surface area contributed by atoms with Crippen molar-refractivity contribution in [2.75, 3.05) is 5.32 Å². The molecule has 0 saturated heterocycles. The van der Waals surface area contributed by atoms with Crippen molar-refractivity contribution in [3.05, 3.63) is 47.7 Å². The lowest BCUT2D eigenvalue weighted by atomic mass is 10.1. The number of nitrogens with one attached hydrogen (secondary N) is 2. The molecule has 1 atom stereocenters. The predicted octanol–water partition coefficient (Wildman–Crippen LogP) is 3.51. The average molecular weight is 344 g/mol. The summed E-state index contributed by atoms with van der Waals surface area (Å²) in [6, 6.07) is 8.00. The number of aromatic nitrogens is 2. The molecule has 7 nitrogen and oxygen atoms in total. The quantitative estimate of drug-likeness (QED) is 0.716. The number of nitrogens with zero attached hydrogens (tertiary/aromatic N) is 2. The lowest BCUT2D eigenvalue weighted by Gasteiger charge is -2.18. The number of carboxylic acid groups (broad SMARTS) is 1. The standard InChI is InChI=1S/C18H24N4O3/c1-12(2)10-13(3)22-16(8-9-20-22)21-18(25)19-11-14-4-6-15(7-5-14)17(23)24/h4-9,12-13H,10-11H2,1-3H3,(H,23,24)(H2,19,21,25). The van der Waals surface area contributed by atoms with Gasteiger partial charge in [-0.2, -0.15) is 5.10 Å². The van der Waals surface area contributed by atoms with E-state index in [2.05, 4.69) is 36.5 Å². The second kappa shape index (κ2) is 8.32. The highest BCUT2D eigenvalue weighted by Crippen LogP contribution is 2.20. The summed E-state index contributed by atoms with van der Waals surface area (Å²) in [6.07, 6.45) is 2.63. The zero-order chi connectivity index (χ0) is 18.4. The van der Waals surface area contributed by atoms with Crippen LogP contribution < -0.4 is 10.6 Å². The van der Waals surface area contributed by atoms with Crippen molar-refractivity contribution in [3.8, 4) is 0 Å². The molecule has 1 unspecified atom stereocenters. The number of aromatic carboxylic acids is 1. The number of hydrogen-bond acceptors (Lipinski definition) is 3. The number of anilines is 1. The third-order valence-electron chi connectivity index (χ3n) is 3.80. The molecule has 2 aromatic rings. The van der Waals surface area contributed by atoms with Gasteiger partial charge in [-0.25, -0.2) is 14.3 Å². The molecule has 0 radical (unpaired) electrons. The third-order valence-corrected chi connectivity index (χ3v) is 3.80. The molecule has 3 N–H and O–H groups in total. The fraction of sp³-hybridized carbons (Fsp3) is 0.389. The van der Waals surface area contributed by atoms with Gasteiger partial charge < -0.3 is 10.4 Å². The van der Waals surface area contributed by atoms with Crippen LogP contribution >= 0.6 is 0 Å². The van der Waals surface area contributed by atoms with Crippen LogP contribution in [0.25, 0.3) is 0 Å². The highest BCUT2D eigenvalue weighted by atomic mass is 16.4. The van der Waals surface area contributed by atoms with Crippen LogP contribution in [0.15, 0.2) is 36.5 Å². The molecule has 0 bridgehead atoms. The van der Waals surface area contributed by atoms with Crippen molar-refractivity contribution in [1.82, 2.24) is 15.1 Å². The van der Waals surface area contributed by atoms with Crippen molar-refractivity contribution in [2.24, 2.45) is 5.92 Å². The van der Waals surface area contributed by atoms with Crippen LogP contribution in [0, 0.1) is 5.92 Å². The second-order valence-electron chi connectivity index (χ2n) is 6.45. The molecule has 2 rings (SSSR count). The van der Waals surface area contributed by atoms with Gasteiger partial charge >= 0.3 is 12.0 Å². The summed E-state index contributed by atoms with van der Waals surface area (Å²) in [4.78, 5) is 22.9. The molecule has 134 valence electrons. The zero-order valence-corrected chi connectivity index (χ0v) is 14.7. The SMILES string of the molecule is CC(C)CC(C)n1nccc1NC(=O)NCc1ccc(C(=O)O)cc1. The van der Waals surface area contributed by atoms with E-state index >= 15 is 0 Å².